The van der Waals surface area contributed by atoms with Gasteiger partial charge in [0.05, 0.1) is 22.7 Å². The number of benzene rings is 1. The summed E-state index contributed by atoms with van der Waals surface area (Å²) in [5.74, 6) is -1.08. The van der Waals surface area contributed by atoms with Crippen molar-refractivity contribution in [3.63, 3.8) is 0 Å². The zero-order valence-electron chi connectivity index (χ0n) is 16.4. The molecular formula is C21H18ClF4N3O2. The number of ketones is 1. The molecule has 1 atom stereocenters. The van der Waals surface area contributed by atoms with Crippen LogP contribution >= 0.6 is 11.6 Å². The van der Waals surface area contributed by atoms with Crippen LogP contribution in [0.25, 0.3) is 0 Å². The molecular weight excluding hydrogens is 438 g/mol. The molecule has 0 saturated heterocycles. The Hall–Kier alpha value is -2.68. The van der Waals surface area contributed by atoms with Gasteiger partial charge in [-0.15, -0.1) is 0 Å². The van der Waals surface area contributed by atoms with Crippen molar-refractivity contribution in [1.82, 2.24) is 4.98 Å². The lowest BCUT2D eigenvalue weighted by atomic mass is 9.76. The zero-order chi connectivity index (χ0) is 22.6. The minimum atomic E-state index is -4.62. The van der Waals surface area contributed by atoms with Crippen molar-refractivity contribution in [1.29, 1.82) is 0 Å². The second-order valence-electron chi connectivity index (χ2n) is 8.06. The number of carbonyl (C=O) groups is 1. The van der Waals surface area contributed by atoms with Gasteiger partial charge in [0, 0.05) is 23.6 Å². The van der Waals surface area contributed by atoms with Crippen LogP contribution in [0.15, 0.2) is 35.5 Å². The molecule has 2 heterocycles. The smallest absolute Gasteiger partial charge is 0.417 e. The van der Waals surface area contributed by atoms with Gasteiger partial charge in [-0.3, -0.25) is 9.78 Å². The van der Waals surface area contributed by atoms with E-state index in [2.05, 4.69) is 9.98 Å². The van der Waals surface area contributed by atoms with Crippen LogP contribution in [-0.4, -0.2) is 23.4 Å². The summed E-state index contributed by atoms with van der Waals surface area (Å²) in [5.41, 5.74) is 3.85. The quantitative estimate of drug-likeness (QED) is 0.537. The molecule has 1 fully saturated rings. The lowest BCUT2D eigenvalue weighted by molar-refractivity contribution is -0.137. The maximum atomic E-state index is 14.8. The van der Waals surface area contributed by atoms with Gasteiger partial charge in [0.15, 0.2) is 5.78 Å². The third kappa shape index (κ3) is 3.75. The lowest BCUT2D eigenvalue weighted by Crippen LogP contribution is -2.43. The van der Waals surface area contributed by atoms with Crippen LogP contribution in [0.4, 0.5) is 17.6 Å². The van der Waals surface area contributed by atoms with Crippen molar-refractivity contribution < 1.29 is 27.1 Å². The number of amidine groups is 1. The van der Waals surface area contributed by atoms with Crippen LogP contribution in [-0.2, 0) is 22.9 Å². The summed E-state index contributed by atoms with van der Waals surface area (Å²) in [6.45, 7) is 2.11. The molecule has 2 N–H and O–H groups in total. The van der Waals surface area contributed by atoms with Crippen molar-refractivity contribution in [2.24, 2.45) is 16.1 Å². The van der Waals surface area contributed by atoms with Crippen molar-refractivity contribution in [2.75, 3.05) is 6.61 Å². The maximum absolute atomic E-state index is 14.8. The number of rotatable bonds is 4. The number of alkyl halides is 3. The zero-order valence-corrected chi connectivity index (χ0v) is 17.1. The van der Waals surface area contributed by atoms with Gasteiger partial charge in [-0.2, -0.15) is 13.2 Å². The van der Waals surface area contributed by atoms with Crippen LogP contribution in [0.1, 0.15) is 46.9 Å². The van der Waals surface area contributed by atoms with Gasteiger partial charge in [-0.1, -0.05) is 17.7 Å². The first kappa shape index (κ1) is 21.5. The fourth-order valence-corrected chi connectivity index (χ4v) is 4.25. The number of hydrogen-bond donors (Lipinski definition) is 1. The summed E-state index contributed by atoms with van der Waals surface area (Å²) in [6, 6.07) is 4.84. The number of halogens is 5. The van der Waals surface area contributed by atoms with Crippen molar-refractivity contribution >= 4 is 23.4 Å². The topological polar surface area (TPSA) is 77.6 Å². The molecule has 10 heteroatoms. The fraction of sp³-hybridized carbons (Fsp3) is 0.381. The van der Waals surface area contributed by atoms with Crippen LogP contribution in [0, 0.1) is 11.2 Å². The lowest BCUT2D eigenvalue weighted by Gasteiger charge is -2.38. The average Bonchev–Trinajstić information content (AvgIpc) is 3.47. The molecule has 1 aliphatic carbocycles. The van der Waals surface area contributed by atoms with Crippen LogP contribution in [0.2, 0.25) is 5.02 Å². The van der Waals surface area contributed by atoms with Gasteiger partial charge in [-0.05, 0) is 43.5 Å². The van der Waals surface area contributed by atoms with Gasteiger partial charge in [-0.25, -0.2) is 9.38 Å². The van der Waals surface area contributed by atoms with E-state index in [4.69, 9.17) is 22.1 Å². The highest BCUT2D eigenvalue weighted by molar-refractivity contribution is 6.33. The summed E-state index contributed by atoms with van der Waals surface area (Å²) in [4.78, 5) is 20.6. The number of nitrogens with zero attached hydrogens (tertiary/aromatic N) is 2. The van der Waals surface area contributed by atoms with Gasteiger partial charge < -0.3 is 10.5 Å². The third-order valence-corrected chi connectivity index (χ3v) is 6.36. The molecule has 31 heavy (non-hydrogen) atoms. The number of nitrogens with two attached hydrogens (primary N) is 1. The van der Waals surface area contributed by atoms with Crippen LogP contribution in [0.5, 0.6) is 0 Å². The van der Waals surface area contributed by atoms with Crippen molar-refractivity contribution in [3.05, 3.63) is 63.7 Å². The Morgan fingerprint density at radius 1 is 1.29 bits per heavy atom. The van der Waals surface area contributed by atoms with E-state index in [9.17, 15) is 22.4 Å². The summed E-state index contributed by atoms with van der Waals surface area (Å²) in [5, 5.41) is -0.396. The first-order chi connectivity index (χ1) is 14.4. The van der Waals surface area contributed by atoms with E-state index in [1.807, 2.05) is 0 Å². The molecule has 0 bridgehead atoms. The second-order valence-corrected chi connectivity index (χ2v) is 8.46. The molecule has 1 aliphatic heterocycles. The van der Waals surface area contributed by atoms with Gasteiger partial charge in [0.25, 0.3) is 6.02 Å². The summed E-state index contributed by atoms with van der Waals surface area (Å²) in [6.07, 6.45) is -2.68. The molecule has 2 aromatic rings. The van der Waals surface area contributed by atoms with E-state index in [0.29, 0.717) is 24.4 Å². The number of aliphatic imine (C=N–C) groups is 1. The van der Waals surface area contributed by atoms with Gasteiger partial charge in [0.1, 0.15) is 11.5 Å². The number of aromatic nitrogens is 1. The second kappa shape index (κ2) is 7.19. The van der Waals surface area contributed by atoms with Gasteiger partial charge in [0.2, 0.25) is 0 Å². The minimum absolute atomic E-state index is 0.0263. The molecule has 1 aromatic heterocycles. The highest BCUT2D eigenvalue weighted by Gasteiger charge is 2.61. The average molecular weight is 456 g/mol. The summed E-state index contributed by atoms with van der Waals surface area (Å²) < 4.78 is 58.5. The monoisotopic (exact) mass is 455 g/mol. The molecule has 2 aliphatic rings. The molecule has 1 saturated carbocycles. The van der Waals surface area contributed by atoms with E-state index >= 15 is 0 Å². The van der Waals surface area contributed by atoms with Crippen molar-refractivity contribution in [3.8, 4) is 0 Å². The SMILES string of the molecule is C[C@]1(c2cc(CC(=O)c3ncc(C(F)(F)F)cc3Cl)ccc2F)N=C(N)OCC12CC2. The molecule has 164 valence electrons. The standard InChI is InChI=1S/C21H18ClF4N3O2/c1-19(20(4-5-20)10-31-18(27)29-19)13-6-11(2-3-15(13)23)7-16(30)17-14(22)8-12(9-28-17)21(24,25)26/h2-3,6,8-9H,4-5,7,10H2,1H3,(H2,27,29)/t19-/m1/s1. The Bertz CT molecular complexity index is 1100. The Morgan fingerprint density at radius 3 is 2.61 bits per heavy atom. The normalized spacial score (nSPS) is 22.1. The molecule has 5 nitrogen and oxygen atoms in total. The third-order valence-electron chi connectivity index (χ3n) is 6.07. The number of ether oxygens (including phenoxy) is 1. The summed E-state index contributed by atoms with van der Waals surface area (Å²) >= 11 is 5.87. The number of Topliss-reactive ketones (excluding diaryl/α,β-unsaturated/α-hetero) is 1. The predicted octanol–water partition coefficient (Wildman–Crippen LogP) is 4.66. The number of hydrogen-bond acceptors (Lipinski definition) is 5. The molecule has 0 radical (unpaired) electrons. The highest BCUT2D eigenvalue weighted by atomic mass is 35.5. The van der Waals surface area contributed by atoms with E-state index in [1.165, 1.54) is 18.2 Å². The molecule has 1 spiro atoms. The van der Waals surface area contributed by atoms with E-state index < -0.39 is 33.9 Å². The van der Waals surface area contributed by atoms with E-state index in [0.717, 1.165) is 12.8 Å². The molecule has 1 aromatic carbocycles. The maximum Gasteiger partial charge on any atom is 0.417 e. The van der Waals surface area contributed by atoms with Crippen LogP contribution in [0.3, 0.4) is 0 Å². The van der Waals surface area contributed by atoms with Gasteiger partial charge >= 0.3 is 6.18 Å². The Kier molecular flexibility index (Phi) is 4.99. The Morgan fingerprint density at radius 2 is 2.00 bits per heavy atom. The first-order valence-electron chi connectivity index (χ1n) is 9.48. The molecule has 0 amide bonds. The molecule has 0 unspecified atom stereocenters. The van der Waals surface area contributed by atoms with Crippen molar-refractivity contribution in [2.45, 2.75) is 37.9 Å². The minimum Gasteiger partial charge on any atom is -0.465 e. The van der Waals surface area contributed by atoms with Crippen LogP contribution < -0.4 is 5.73 Å². The largest absolute Gasteiger partial charge is 0.465 e. The number of carbonyl (C=O) groups excluding carboxylic acids is 1. The Labute approximate surface area is 180 Å². The Balaban J connectivity index is 1.64. The summed E-state index contributed by atoms with van der Waals surface area (Å²) in [7, 11) is 0. The highest BCUT2D eigenvalue weighted by Crippen LogP contribution is 2.62. The van der Waals surface area contributed by atoms with E-state index in [1.54, 1.807) is 6.92 Å². The fourth-order valence-electron chi connectivity index (χ4n) is 3.97. The predicted molar refractivity (Wildman–Crippen MR) is 105 cm³/mol. The number of pyridine rings is 1. The molecule has 4 rings (SSSR count). The first-order valence-corrected chi connectivity index (χ1v) is 9.86. The van der Waals surface area contributed by atoms with E-state index in [-0.39, 0.29) is 29.1 Å².